The van der Waals surface area contributed by atoms with E-state index in [9.17, 15) is 22.0 Å². The van der Waals surface area contributed by atoms with E-state index in [1.807, 2.05) is 20.8 Å². The lowest BCUT2D eigenvalue weighted by atomic mass is 9.81. The van der Waals surface area contributed by atoms with Crippen molar-refractivity contribution in [1.82, 2.24) is 5.32 Å². The first-order valence-electron chi connectivity index (χ1n) is 11.5. The number of aliphatic imine (C=N–C) groups is 1. The number of benzene rings is 1. The second-order valence-corrected chi connectivity index (χ2v) is 11.9. The minimum absolute atomic E-state index is 0.0193. The van der Waals surface area contributed by atoms with E-state index in [0.717, 1.165) is 11.3 Å². The van der Waals surface area contributed by atoms with Gasteiger partial charge in [-0.15, -0.1) is 0 Å². The van der Waals surface area contributed by atoms with Crippen molar-refractivity contribution in [2.24, 2.45) is 16.6 Å². The van der Waals surface area contributed by atoms with Crippen LogP contribution in [0.3, 0.4) is 0 Å². The normalized spacial score (nSPS) is 24.8. The fraction of sp³-hybridized carbons (Fsp3) is 0.583. The van der Waals surface area contributed by atoms with Crippen LogP contribution in [-0.2, 0) is 14.6 Å². The van der Waals surface area contributed by atoms with E-state index in [-0.39, 0.29) is 35.1 Å². The van der Waals surface area contributed by atoms with E-state index in [0.29, 0.717) is 43.4 Å². The first-order valence-corrected chi connectivity index (χ1v) is 13.3. The molecule has 1 amide bonds. The number of carbonyl (C=O) groups is 1. The van der Waals surface area contributed by atoms with Gasteiger partial charge in [-0.2, -0.15) is 8.78 Å². The fourth-order valence-electron chi connectivity index (χ4n) is 4.40. The van der Waals surface area contributed by atoms with Gasteiger partial charge in [-0.25, -0.2) is 8.42 Å². The van der Waals surface area contributed by atoms with Crippen LogP contribution in [0.25, 0.3) is 5.70 Å². The number of rotatable bonds is 6. The molecule has 1 saturated carbocycles. The molecule has 0 radical (unpaired) electrons. The lowest BCUT2D eigenvalue weighted by molar-refractivity contribution is -0.127. The van der Waals surface area contributed by atoms with Gasteiger partial charge in [0, 0.05) is 40.9 Å². The number of ether oxygens (including phenoxy) is 1. The van der Waals surface area contributed by atoms with E-state index in [4.69, 9.17) is 10.7 Å². The number of sulfone groups is 1. The van der Waals surface area contributed by atoms with Crippen molar-refractivity contribution in [3.8, 4) is 5.75 Å². The number of nitrogens with two attached hydrogens (primary N) is 1. The second-order valence-electron chi connectivity index (χ2n) is 9.61. The van der Waals surface area contributed by atoms with Gasteiger partial charge in [0.2, 0.25) is 5.91 Å². The molecule has 2 aliphatic rings. The Morgan fingerprint density at radius 1 is 1.26 bits per heavy atom. The zero-order valence-electron chi connectivity index (χ0n) is 19.8. The standard InChI is InChI=1S/C24H33F2N3O4S/c1-15(2)28-20-14-17(22(30)29-24(3)9-11-34(31,32)12-10-24)7-8-19(20)21(27)16-5-4-6-18(13-16)33-23(25)26/h4-6,13,15,17,23H,7-12,14,27H2,1-3H3,(H,29,30)/t17-/m1/s1. The summed E-state index contributed by atoms with van der Waals surface area (Å²) < 4.78 is 53.3. The molecule has 0 spiro atoms. The van der Waals surface area contributed by atoms with Crippen molar-refractivity contribution in [2.45, 2.75) is 71.1 Å². The minimum atomic E-state index is -3.03. The molecule has 1 aliphatic heterocycles. The summed E-state index contributed by atoms with van der Waals surface area (Å²) in [5.74, 6) is -0.242. The van der Waals surface area contributed by atoms with Gasteiger partial charge in [0.1, 0.15) is 15.6 Å². The Bertz CT molecular complexity index is 1070. The summed E-state index contributed by atoms with van der Waals surface area (Å²) in [6, 6.07) is 6.22. The highest BCUT2D eigenvalue weighted by molar-refractivity contribution is 7.91. The Morgan fingerprint density at radius 2 is 1.94 bits per heavy atom. The SMILES string of the molecule is CC(C)N=C1C[C@H](C(=O)NC2(C)CCS(=O)(=O)CC2)CCC1=C(N)c1cccc(OC(F)F)c1. The van der Waals surface area contributed by atoms with Crippen LogP contribution in [0.15, 0.2) is 34.8 Å². The van der Waals surface area contributed by atoms with Crippen molar-refractivity contribution in [3.05, 3.63) is 35.4 Å². The maximum Gasteiger partial charge on any atom is 0.387 e. The predicted octanol–water partition coefficient (Wildman–Crippen LogP) is 3.69. The Labute approximate surface area is 199 Å². The van der Waals surface area contributed by atoms with Gasteiger partial charge in [-0.3, -0.25) is 9.79 Å². The Morgan fingerprint density at radius 3 is 2.56 bits per heavy atom. The van der Waals surface area contributed by atoms with Gasteiger partial charge in [0.25, 0.3) is 0 Å². The van der Waals surface area contributed by atoms with E-state index in [1.165, 1.54) is 12.1 Å². The molecule has 3 rings (SSSR count). The highest BCUT2D eigenvalue weighted by Crippen LogP contribution is 2.33. The maximum absolute atomic E-state index is 13.1. The quantitative estimate of drug-likeness (QED) is 0.623. The van der Waals surface area contributed by atoms with Crippen molar-refractivity contribution in [1.29, 1.82) is 0 Å². The molecule has 0 aromatic heterocycles. The lowest BCUT2D eigenvalue weighted by Crippen LogP contribution is -2.53. The maximum atomic E-state index is 13.1. The highest BCUT2D eigenvalue weighted by Gasteiger charge is 2.37. The molecular weight excluding hydrogens is 464 g/mol. The third kappa shape index (κ3) is 6.77. The molecule has 0 unspecified atom stereocenters. The van der Waals surface area contributed by atoms with Gasteiger partial charge in [0.15, 0.2) is 0 Å². The topological polar surface area (TPSA) is 111 Å². The summed E-state index contributed by atoms with van der Waals surface area (Å²) in [4.78, 5) is 17.8. The predicted molar refractivity (Wildman–Crippen MR) is 129 cm³/mol. The molecule has 0 bridgehead atoms. The molecule has 1 heterocycles. The molecule has 7 nitrogen and oxygen atoms in total. The number of alkyl halides is 2. The summed E-state index contributed by atoms with van der Waals surface area (Å²) in [6.07, 6.45) is 2.27. The Kier molecular flexibility index (Phi) is 8.00. The van der Waals surface area contributed by atoms with Gasteiger partial charge in [-0.1, -0.05) is 12.1 Å². The number of amides is 1. The van der Waals surface area contributed by atoms with Crippen LogP contribution in [0.1, 0.15) is 58.4 Å². The minimum Gasteiger partial charge on any atom is -0.435 e. The highest BCUT2D eigenvalue weighted by atomic mass is 32.2. The number of carbonyl (C=O) groups excluding carboxylic acids is 1. The number of hydrogen-bond donors (Lipinski definition) is 2. The lowest BCUT2D eigenvalue weighted by Gasteiger charge is -2.36. The zero-order chi connectivity index (χ0) is 25.1. The number of allylic oxidation sites excluding steroid dienone is 1. The van der Waals surface area contributed by atoms with E-state index >= 15 is 0 Å². The van der Waals surface area contributed by atoms with E-state index < -0.39 is 22.0 Å². The average molecular weight is 498 g/mol. The van der Waals surface area contributed by atoms with Crippen LogP contribution in [-0.4, -0.2) is 49.7 Å². The van der Waals surface area contributed by atoms with Crippen LogP contribution in [0.4, 0.5) is 8.78 Å². The summed E-state index contributed by atoms with van der Waals surface area (Å²) in [5.41, 5.74) is 8.44. The van der Waals surface area contributed by atoms with E-state index in [1.54, 1.807) is 12.1 Å². The molecule has 3 N–H and O–H groups in total. The molecule has 1 aromatic carbocycles. The summed E-state index contributed by atoms with van der Waals surface area (Å²) in [5, 5.41) is 3.08. The molecule has 1 saturated heterocycles. The van der Waals surface area contributed by atoms with Gasteiger partial charge >= 0.3 is 6.61 Å². The number of halogens is 2. The number of nitrogens with one attached hydrogen (secondary N) is 1. The third-order valence-electron chi connectivity index (χ3n) is 6.37. The molecule has 2 fully saturated rings. The van der Waals surface area contributed by atoms with Crippen molar-refractivity contribution >= 4 is 27.2 Å². The summed E-state index contributed by atoms with van der Waals surface area (Å²) in [6.45, 7) is 2.83. The van der Waals surface area contributed by atoms with Crippen LogP contribution >= 0.6 is 0 Å². The van der Waals surface area contributed by atoms with Crippen LogP contribution < -0.4 is 15.8 Å². The van der Waals surface area contributed by atoms with Gasteiger partial charge in [0.05, 0.1) is 11.5 Å². The molecule has 1 aromatic rings. The fourth-order valence-corrected chi connectivity index (χ4v) is 6.13. The largest absolute Gasteiger partial charge is 0.435 e. The molecular formula is C24H33F2N3O4S. The first kappa shape index (κ1) is 26.1. The van der Waals surface area contributed by atoms with Crippen LogP contribution in [0.2, 0.25) is 0 Å². The van der Waals surface area contributed by atoms with Gasteiger partial charge in [-0.05, 0) is 64.2 Å². The number of hydrogen-bond acceptors (Lipinski definition) is 6. The van der Waals surface area contributed by atoms with Gasteiger partial charge < -0.3 is 15.8 Å². The zero-order valence-corrected chi connectivity index (χ0v) is 20.6. The Hall–Kier alpha value is -2.49. The smallest absolute Gasteiger partial charge is 0.387 e. The van der Waals surface area contributed by atoms with Crippen LogP contribution in [0, 0.1) is 5.92 Å². The third-order valence-corrected chi connectivity index (χ3v) is 8.02. The van der Waals surface area contributed by atoms with Crippen molar-refractivity contribution in [2.75, 3.05) is 11.5 Å². The average Bonchev–Trinajstić information content (AvgIpc) is 2.75. The molecule has 188 valence electrons. The second kappa shape index (κ2) is 10.4. The molecule has 1 atom stereocenters. The van der Waals surface area contributed by atoms with Crippen molar-refractivity contribution in [3.63, 3.8) is 0 Å². The van der Waals surface area contributed by atoms with E-state index in [2.05, 4.69) is 10.1 Å². The first-order chi connectivity index (χ1) is 15.9. The molecule has 1 aliphatic carbocycles. The molecule has 10 heteroatoms. The number of nitrogens with zero attached hydrogens (tertiary/aromatic N) is 1. The summed E-state index contributed by atoms with van der Waals surface area (Å²) >= 11 is 0. The Balaban J connectivity index is 1.79. The van der Waals surface area contributed by atoms with Crippen molar-refractivity contribution < 1.29 is 26.7 Å². The summed E-state index contributed by atoms with van der Waals surface area (Å²) in [7, 11) is -3.03. The van der Waals surface area contributed by atoms with Crippen LogP contribution in [0.5, 0.6) is 5.75 Å². The monoisotopic (exact) mass is 497 g/mol. The molecule has 34 heavy (non-hydrogen) atoms.